The molecule has 2 fully saturated rings. The van der Waals surface area contributed by atoms with Crippen LogP contribution >= 0.6 is 0 Å². The summed E-state index contributed by atoms with van der Waals surface area (Å²) in [7, 11) is -0.313. The van der Waals surface area contributed by atoms with E-state index in [-0.39, 0.29) is 18.3 Å². The van der Waals surface area contributed by atoms with Crippen molar-refractivity contribution < 1.29 is 9.31 Å². The number of piperidine rings is 1. The molecule has 2 aliphatic heterocycles. The summed E-state index contributed by atoms with van der Waals surface area (Å²) in [5.41, 5.74) is 0.445. The smallest absolute Gasteiger partial charge is 0.399 e. The third-order valence-corrected chi connectivity index (χ3v) is 5.39. The predicted molar refractivity (Wildman–Crippen MR) is 90.6 cm³/mol. The van der Waals surface area contributed by atoms with Crippen molar-refractivity contribution in [1.29, 1.82) is 0 Å². The lowest BCUT2D eigenvalue weighted by Crippen LogP contribution is -2.41. The molecule has 0 saturated carbocycles. The SMILES string of the molecule is C[C@H]1CCCCN1c1cc(B2OC(C)(C)C(C)(C)O2)ccn1. The van der Waals surface area contributed by atoms with Crippen LogP contribution in [0.25, 0.3) is 0 Å². The van der Waals surface area contributed by atoms with E-state index >= 15 is 0 Å². The Balaban J connectivity index is 1.83. The molecule has 3 rings (SSSR count). The number of hydrogen-bond acceptors (Lipinski definition) is 4. The number of rotatable bonds is 2. The molecule has 0 radical (unpaired) electrons. The summed E-state index contributed by atoms with van der Waals surface area (Å²) in [5.74, 6) is 1.04. The molecule has 5 heteroatoms. The minimum Gasteiger partial charge on any atom is -0.399 e. The third kappa shape index (κ3) is 2.76. The highest BCUT2D eigenvalue weighted by Gasteiger charge is 2.51. The monoisotopic (exact) mass is 302 g/mol. The second-order valence-corrected chi connectivity index (χ2v) is 7.57. The number of aromatic nitrogens is 1. The Morgan fingerprint density at radius 1 is 1.18 bits per heavy atom. The summed E-state index contributed by atoms with van der Waals surface area (Å²) < 4.78 is 12.3. The number of hydrogen-bond donors (Lipinski definition) is 0. The van der Waals surface area contributed by atoms with Crippen molar-refractivity contribution in [3.8, 4) is 0 Å². The Kier molecular flexibility index (Phi) is 3.98. The van der Waals surface area contributed by atoms with Gasteiger partial charge in [-0.25, -0.2) is 4.98 Å². The van der Waals surface area contributed by atoms with Gasteiger partial charge in [-0.1, -0.05) is 0 Å². The first-order valence-electron chi connectivity index (χ1n) is 8.38. The largest absolute Gasteiger partial charge is 0.495 e. The Hall–Kier alpha value is -1.07. The Morgan fingerprint density at radius 3 is 2.50 bits per heavy atom. The molecule has 0 aliphatic carbocycles. The fraction of sp³-hybridized carbons (Fsp3) is 0.706. The van der Waals surface area contributed by atoms with Gasteiger partial charge in [-0.15, -0.1) is 0 Å². The van der Waals surface area contributed by atoms with Crippen molar-refractivity contribution >= 4 is 18.4 Å². The average molecular weight is 302 g/mol. The van der Waals surface area contributed by atoms with Crippen LogP contribution in [0.15, 0.2) is 18.3 Å². The zero-order valence-corrected chi connectivity index (χ0v) is 14.4. The first kappa shape index (κ1) is 15.8. The molecule has 120 valence electrons. The minimum absolute atomic E-state index is 0.306. The van der Waals surface area contributed by atoms with Gasteiger partial charge in [0.2, 0.25) is 0 Å². The zero-order valence-electron chi connectivity index (χ0n) is 14.4. The summed E-state index contributed by atoms with van der Waals surface area (Å²) in [4.78, 5) is 6.97. The van der Waals surface area contributed by atoms with E-state index in [4.69, 9.17) is 9.31 Å². The standard InChI is InChI=1S/C17H27BN2O2/c1-13-8-6-7-11-20(13)15-12-14(9-10-19-15)18-21-16(2,3)17(4,5)22-18/h9-10,12-13H,6-8,11H2,1-5H3/t13-/m0/s1. The minimum atomic E-state index is -0.313. The van der Waals surface area contributed by atoms with Crippen LogP contribution < -0.4 is 10.4 Å². The van der Waals surface area contributed by atoms with Crippen LogP contribution in [0.1, 0.15) is 53.9 Å². The van der Waals surface area contributed by atoms with E-state index in [1.807, 2.05) is 12.3 Å². The van der Waals surface area contributed by atoms with Crippen LogP contribution in [0.2, 0.25) is 0 Å². The molecular weight excluding hydrogens is 275 g/mol. The van der Waals surface area contributed by atoms with Crippen LogP contribution in [-0.2, 0) is 9.31 Å². The molecule has 0 bridgehead atoms. The van der Waals surface area contributed by atoms with Crippen LogP contribution in [-0.4, -0.2) is 35.9 Å². The fourth-order valence-electron chi connectivity index (χ4n) is 3.16. The van der Waals surface area contributed by atoms with E-state index in [0.29, 0.717) is 6.04 Å². The van der Waals surface area contributed by atoms with Crippen molar-refractivity contribution in [2.24, 2.45) is 0 Å². The molecule has 0 unspecified atom stereocenters. The molecule has 1 aromatic rings. The van der Waals surface area contributed by atoms with Gasteiger partial charge in [0.05, 0.1) is 11.2 Å². The highest BCUT2D eigenvalue weighted by atomic mass is 16.7. The predicted octanol–water partition coefficient (Wildman–Crippen LogP) is 2.76. The Morgan fingerprint density at radius 2 is 1.86 bits per heavy atom. The molecular formula is C17H27BN2O2. The lowest BCUT2D eigenvalue weighted by atomic mass is 9.79. The first-order chi connectivity index (χ1) is 10.3. The second kappa shape index (κ2) is 5.53. The van der Waals surface area contributed by atoms with Crippen molar-refractivity contribution in [3.63, 3.8) is 0 Å². The number of pyridine rings is 1. The van der Waals surface area contributed by atoms with Gasteiger partial charge < -0.3 is 14.2 Å². The van der Waals surface area contributed by atoms with E-state index < -0.39 is 0 Å². The Bertz CT molecular complexity index is 531. The normalized spacial score (nSPS) is 27.2. The average Bonchev–Trinajstić information content (AvgIpc) is 2.68. The van der Waals surface area contributed by atoms with Crippen molar-refractivity contribution in [3.05, 3.63) is 18.3 Å². The number of anilines is 1. The van der Waals surface area contributed by atoms with Gasteiger partial charge in [0.1, 0.15) is 5.82 Å². The number of nitrogens with zero attached hydrogens (tertiary/aromatic N) is 2. The van der Waals surface area contributed by atoms with E-state index in [9.17, 15) is 0 Å². The molecule has 0 N–H and O–H groups in total. The molecule has 4 nitrogen and oxygen atoms in total. The van der Waals surface area contributed by atoms with Crippen LogP contribution in [0.3, 0.4) is 0 Å². The highest BCUT2D eigenvalue weighted by Crippen LogP contribution is 2.36. The molecule has 0 aromatic carbocycles. The second-order valence-electron chi connectivity index (χ2n) is 7.57. The van der Waals surface area contributed by atoms with Gasteiger partial charge >= 0.3 is 7.12 Å². The summed E-state index contributed by atoms with van der Waals surface area (Å²) in [6.07, 6.45) is 5.67. The fourth-order valence-corrected chi connectivity index (χ4v) is 3.16. The molecule has 2 saturated heterocycles. The maximum absolute atomic E-state index is 6.15. The quantitative estimate of drug-likeness (QED) is 0.787. The van der Waals surface area contributed by atoms with Crippen LogP contribution in [0.5, 0.6) is 0 Å². The molecule has 1 aromatic heterocycles. The van der Waals surface area contributed by atoms with Crippen molar-refractivity contribution in [2.45, 2.75) is 71.1 Å². The van der Waals surface area contributed by atoms with Crippen molar-refractivity contribution in [2.75, 3.05) is 11.4 Å². The maximum Gasteiger partial charge on any atom is 0.495 e. The van der Waals surface area contributed by atoms with Gasteiger partial charge in [0.25, 0.3) is 0 Å². The van der Waals surface area contributed by atoms with Crippen molar-refractivity contribution in [1.82, 2.24) is 4.98 Å². The summed E-state index contributed by atoms with van der Waals surface area (Å²) in [6.45, 7) is 11.7. The van der Waals surface area contributed by atoms with Crippen LogP contribution in [0, 0.1) is 0 Å². The molecule has 0 amide bonds. The van der Waals surface area contributed by atoms with E-state index in [0.717, 1.165) is 17.8 Å². The zero-order chi connectivity index (χ0) is 16.0. The summed E-state index contributed by atoms with van der Waals surface area (Å²) >= 11 is 0. The lowest BCUT2D eigenvalue weighted by Gasteiger charge is -2.34. The van der Waals surface area contributed by atoms with Gasteiger partial charge in [0.15, 0.2) is 0 Å². The molecule has 2 aliphatic rings. The Labute approximate surface area is 134 Å². The van der Waals surface area contributed by atoms with E-state index in [2.05, 4.69) is 50.6 Å². The van der Waals surface area contributed by atoms with E-state index in [1.54, 1.807) is 0 Å². The summed E-state index contributed by atoms with van der Waals surface area (Å²) in [5, 5.41) is 0. The third-order valence-electron chi connectivity index (χ3n) is 5.39. The van der Waals surface area contributed by atoms with Gasteiger partial charge in [0, 0.05) is 18.8 Å². The summed E-state index contributed by atoms with van der Waals surface area (Å²) in [6, 6.07) is 4.68. The van der Waals surface area contributed by atoms with Crippen LogP contribution in [0.4, 0.5) is 5.82 Å². The molecule has 0 spiro atoms. The van der Waals surface area contributed by atoms with E-state index in [1.165, 1.54) is 19.3 Å². The first-order valence-corrected chi connectivity index (χ1v) is 8.38. The van der Waals surface area contributed by atoms with Gasteiger partial charge in [-0.2, -0.15) is 0 Å². The highest BCUT2D eigenvalue weighted by molar-refractivity contribution is 6.62. The van der Waals surface area contributed by atoms with Gasteiger partial charge in [-0.05, 0) is 71.5 Å². The lowest BCUT2D eigenvalue weighted by molar-refractivity contribution is 0.00578. The topological polar surface area (TPSA) is 34.6 Å². The van der Waals surface area contributed by atoms with Gasteiger partial charge in [-0.3, -0.25) is 0 Å². The maximum atomic E-state index is 6.15. The molecule has 1 atom stereocenters. The molecule has 22 heavy (non-hydrogen) atoms. The molecule has 3 heterocycles.